The summed E-state index contributed by atoms with van der Waals surface area (Å²) in [6, 6.07) is 8.26. The Morgan fingerprint density at radius 1 is 1.22 bits per heavy atom. The molecule has 0 aliphatic heterocycles. The van der Waals surface area contributed by atoms with Crippen molar-refractivity contribution in [3.05, 3.63) is 47.8 Å². The quantitative estimate of drug-likeness (QED) is 0.602. The first-order chi connectivity index (χ1) is 11.1. The van der Waals surface area contributed by atoms with Crippen LogP contribution in [0.3, 0.4) is 0 Å². The van der Waals surface area contributed by atoms with Gasteiger partial charge in [0.05, 0.1) is 12.3 Å². The first kappa shape index (κ1) is 17.2. The molecule has 2 aromatic rings. The molecule has 0 spiro atoms. The monoisotopic (exact) mass is 317 g/mol. The van der Waals surface area contributed by atoms with Gasteiger partial charge in [-0.05, 0) is 51.5 Å². The van der Waals surface area contributed by atoms with Gasteiger partial charge in [-0.2, -0.15) is 0 Å². The number of furan rings is 2. The average Bonchev–Trinajstić information content (AvgIpc) is 3.18. The molecule has 126 valence electrons. The third-order valence-electron chi connectivity index (χ3n) is 3.74. The van der Waals surface area contributed by atoms with E-state index in [1.54, 1.807) is 6.26 Å². The second-order valence-electron chi connectivity index (χ2n) is 5.83. The standard InChI is InChI=1S/C18H27N3O2/c1-5-13(2)20-18(19-11-10-16-7-6-12-22-16)21-15(4)17-9-8-14(3)23-17/h6-9,12-13,15H,5,10-11H2,1-4H3,(H2,19,20,21). The molecule has 0 bridgehead atoms. The SMILES string of the molecule is CCC(C)NC(=NCCc1ccco1)NC(C)c1ccc(C)o1. The third kappa shape index (κ3) is 5.51. The maximum Gasteiger partial charge on any atom is 0.192 e. The fourth-order valence-corrected chi connectivity index (χ4v) is 2.16. The van der Waals surface area contributed by atoms with Crippen molar-refractivity contribution in [3.8, 4) is 0 Å². The van der Waals surface area contributed by atoms with Gasteiger partial charge in [0.2, 0.25) is 0 Å². The molecule has 0 fully saturated rings. The Bertz CT molecular complexity index is 602. The number of rotatable bonds is 7. The predicted molar refractivity (Wildman–Crippen MR) is 92.6 cm³/mol. The maximum absolute atomic E-state index is 5.68. The lowest BCUT2D eigenvalue weighted by molar-refractivity contribution is 0.439. The highest BCUT2D eigenvalue weighted by Gasteiger charge is 2.12. The van der Waals surface area contributed by atoms with Crippen LogP contribution in [0.1, 0.15) is 50.5 Å². The fourth-order valence-electron chi connectivity index (χ4n) is 2.16. The molecule has 2 heterocycles. The van der Waals surface area contributed by atoms with Gasteiger partial charge in [0.15, 0.2) is 5.96 Å². The predicted octanol–water partition coefficient (Wildman–Crippen LogP) is 3.82. The Morgan fingerprint density at radius 2 is 2.04 bits per heavy atom. The van der Waals surface area contributed by atoms with Crippen LogP contribution in [0, 0.1) is 6.92 Å². The molecular formula is C18H27N3O2. The maximum atomic E-state index is 5.68. The van der Waals surface area contributed by atoms with Crippen LogP contribution in [0.2, 0.25) is 0 Å². The van der Waals surface area contributed by atoms with E-state index in [4.69, 9.17) is 8.83 Å². The smallest absolute Gasteiger partial charge is 0.192 e. The minimum atomic E-state index is 0.0580. The molecule has 0 radical (unpaired) electrons. The molecular weight excluding hydrogens is 290 g/mol. The summed E-state index contributed by atoms with van der Waals surface area (Å²) >= 11 is 0. The highest BCUT2D eigenvalue weighted by molar-refractivity contribution is 5.80. The number of hydrogen-bond acceptors (Lipinski definition) is 3. The largest absolute Gasteiger partial charge is 0.469 e. The number of nitrogens with zero attached hydrogens (tertiary/aromatic N) is 1. The molecule has 2 aromatic heterocycles. The molecule has 23 heavy (non-hydrogen) atoms. The second kappa shape index (κ2) is 8.46. The molecule has 0 aliphatic carbocycles. The molecule has 2 rings (SSSR count). The van der Waals surface area contributed by atoms with E-state index >= 15 is 0 Å². The summed E-state index contributed by atoms with van der Waals surface area (Å²) in [7, 11) is 0. The van der Waals surface area contributed by atoms with E-state index in [0.29, 0.717) is 12.6 Å². The van der Waals surface area contributed by atoms with Gasteiger partial charge in [0.1, 0.15) is 17.3 Å². The topological polar surface area (TPSA) is 62.7 Å². The fraction of sp³-hybridized carbons (Fsp3) is 0.500. The molecule has 0 aliphatic rings. The average molecular weight is 317 g/mol. The highest BCUT2D eigenvalue weighted by Crippen LogP contribution is 2.15. The van der Waals surface area contributed by atoms with Gasteiger partial charge in [-0.1, -0.05) is 6.92 Å². The molecule has 2 N–H and O–H groups in total. The lowest BCUT2D eigenvalue weighted by Gasteiger charge is -2.20. The van der Waals surface area contributed by atoms with Crippen molar-refractivity contribution in [1.29, 1.82) is 0 Å². The van der Waals surface area contributed by atoms with E-state index in [2.05, 4.69) is 36.4 Å². The van der Waals surface area contributed by atoms with Gasteiger partial charge >= 0.3 is 0 Å². The van der Waals surface area contributed by atoms with Crippen LogP contribution in [-0.2, 0) is 6.42 Å². The molecule has 5 heteroatoms. The first-order valence-corrected chi connectivity index (χ1v) is 8.24. The number of nitrogens with one attached hydrogen (secondary N) is 2. The van der Waals surface area contributed by atoms with Crippen LogP contribution >= 0.6 is 0 Å². The highest BCUT2D eigenvalue weighted by atomic mass is 16.3. The van der Waals surface area contributed by atoms with Crippen molar-refractivity contribution in [1.82, 2.24) is 10.6 Å². The molecule has 0 amide bonds. The minimum Gasteiger partial charge on any atom is -0.469 e. The Balaban J connectivity index is 1.97. The Kier molecular flexibility index (Phi) is 6.32. The summed E-state index contributed by atoms with van der Waals surface area (Å²) in [5, 5.41) is 6.83. The molecule has 2 atom stereocenters. The lowest BCUT2D eigenvalue weighted by Crippen LogP contribution is -2.43. The van der Waals surface area contributed by atoms with Crippen LogP contribution in [0.5, 0.6) is 0 Å². The molecule has 5 nitrogen and oxygen atoms in total. The van der Waals surface area contributed by atoms with Gasteiger partial charge in [-0.25, -0.2) is 0 Å². The van der Waals surface area contributed by atoms with E-state index in [9.17, 15) is 0 Å². The van der Waals surface area contributed by atoms with Crippen LogP contribution in [-0.4, -0.2) is 18.5 Å². The number of aliphatic imine (C=N–C) groups is 1. The van der Waals surface area contributed by atoms with E-state index in [0.717, 1.165) is 36.1 Å². The molecule has 2 unspecified atom stereocenters. The zero-order valence-corrected chi connectivity index (χ0v) is 14.4. The number of guanidine groups is 1. The van der Waals surface area contributed by atoms with E-state index in [1.165, 1.54) is 0 Å². The van der Waals surface area contributed by atoms with Crippen molar-refractivity contribution in [2.75, 3.05) is 6.54 Å². The van der Waals surface area contributed by atoms with Crippen LogP contribution < -0.4 is 10.6 Å². The van der Waals surface area contributed by atoms with Crippen molar-refractivity contribution >= 4 is 5.96 Å². The first-order valence-electron chi connectivity index (χ1n) is 8.24. The van der Waals surface area contributed by atoms with Gasteiger partial charge in [-0.3, -0.25) is 4.99 Å². The number of hydrogen-bond donors (Lipinski definition) is 2. The van der Waals surface area contributed by atoms with Crippen molar-refractivity contribution in [3.63, 3.8) is 0 Å². The molecule has 0 saturated carbocycles. The third-order valence-corrected chi connectivity index (χ3v) is 3.74. The van der Waals surface area contributed by atoms with E-state index in [-0.39, 0.29) is 6.04 Å². The summed E-state index contributed by atoms with van der Waals surface area (Å²) in [6.45, 7) is 8.98. The van der Waals surface area contributed by atoms with Crippen molar-refractivity contribution < 1.29 is 8.83 Å². The Morgan fingerprint density at radius 3 is 2.65 bits per heavy atom. The van der Waals surface area contributed by atoms with E-state index < -0.39 is 0 Å². The summed E-state index contributed by atoms with van der Waals surface area (Å²) in [5.41, 5.74) is 0. The lowest BCUT2D eigenvalue weighted by atomic mass is 10.2. The summed E-state index contributed by atoms with van der Waals surface area (Å²) in [6.07, 6.45) is 3.51. The molecule has 0 aromatic carbocycles. The van der Waals surface area contributed by atoms with Gasteiger partial charge in [0, 0.05) is 19.0 Å². The zero-order valence-electron chi connectivity index (χ0n) is 14.4. The number of aryl methyl sites for hydroxylation is 1. The normalized spacial score (nSPS) is 14.5. The van der Waals surface area contributed by atoms with E-state index in [1.807, 2.05) is 31.2 Å². The second-order valence-corrected chi connectivity index (χ2v) is 5.83. The minimum absolute atomic E-state index is 0.0580. The van der Waals surface area contributed by atoms with Gasteiger partial charge in [-0.15, -0.1) is 0 Å². The summed E-state index contributed by atoms with van der Waals surface area (Å²) in [5.74, 6) is 3.57. The van der Waals surface area contributed by atoms with Crippen molar-refractivity contribution in [2.24, 2.45) is 4.99 Å². The van der Waals surface area contributed by atoms with Crippen LogP contribution in [0.15, 0.2) is 44.4 Å². The zero-order chi connectivity index (χ0) is 16.7. The molecule has 0 saturated heterocycles. The van der Waals surface area contributed by atoms with Gasteiger partial charge < -0.3 is 19.5 Å². The van der Waals surface area contributed by atoms with Gasteiger partial charge in [0.25, 0.3) is 0 Å². The Labute approximate surface area is 138 Å². The van der Waals surface area contributed by atoms with Crippen LogP contribution in [0.25, 0.3) is 0 Å². The summed E-state index contributed by atoms with van der Waals surface area (Å²) < 4.78 is 11.0. The Hall–Kier alpha value is -2.17. The van der Waals surface area contributed by atoms with Crippen molar-refractivity contribution in [2.45, 2.75) is 52.6 Å². The summed E-state index contributed by atoms with van der Waals surface area (Å²) in [4.78, 5) is 4.65. The van der Waals surface area contributed by atoms with Crippen LogP contribution in [0.4, 0.5) is 0 Å².